The second-order valence-electron chi connectivity index (χ2n) is 6.42. The Morgan fingerprint density at radius 2 is 2.08 bits per heavy atom. The molecule has 0 N–H and O–H groups in total. The van der Waals surface area contributed by atoms with Gasteiger partial charge in [0, 0.05) is 30.5 Å². The van der Waals surface area contributed by atoms with E-state index in [1.807, 2.05) is 36.9 Å². The first-order valence-electron chi connectivity index (χ1n) is 8.36. The molecule has 0 spiro atoms. The van der Waals surface area contributed by atoms with Crippen LogP contribution < -0.4 is 0 Å². The van der Waals surface area contributed by atoms with Crippen LogP contribution in [-0.4, -0.2) is 34.0 Å². The van der Waals surface area contributed by atoms with E-state index in [0.717, 1.165) is 48.5 Å². The molecule has 0 bridgehead atoms. The van der Waals surface area contributed by atoms with Gasteiger partial charge in [0.2, 0.25) is 11.8 Å². The summed E-state index contributed by atoms with van der Waals surface area (Å²) in [5.74, 6) is 1.84. The fourth-order valence-electron chi connectivity index (χ4n) is 3.06. The third kappa shape index (κ3) is 3.96. The number of rotatable bonds is 4. The molecular formula is C18H22ClN3O2. The first-order valence-corrected chi connectivity index (χ1v) is 8.73. The molecule has 2 aromatic rings. The summed E-state index contributed by atoms with van der Waals surface area (Å²) < 4.78 is 5.25. The van der Waals surface area contributed by atoms with Gasteiger partial charge in [0.15, 0.2) is 5.82 Å². The maximum atomic E-state index is 12.4. The van der Waals surface area contributed by atoms with Crippen molar-refractivity contribution >= 4 is 17.5 Å². The zero-order valence-corrected chi connectivity index (χ0v) is 14.8. The fourth-order valence-corrected chi connectivity index (χ4v) is 3.26. The van der Waals surface area contributed by atoms with E-state index in [1.165, 1.54) is 0 Å². The van der Waals surface area contributed by atoms with Crippen LogP contribution >= 0.6 is 11.6 Å². The molecule has 0 unspecified atom stereocenters. The van der Waals surface area contributed by atoms with Crippen LogP contribution in [0, 0.1) is 13.8 Å². The molecule has 1 saturated heterocycles. The van der Waals surface area contributed by atoms with Gasteiger partial charge in [0.25, 0.3) is 0 Å². The van der Waals surface area contributed by atoms with Gasteiger partial charge in [-0.25, -0.2) is 0 Å². The molecule has 0 aliphatic carbocycles. The van der Waals surface area contributed by atoms with E-state index in [9.17, 15) is 4.79 Å². The molecule has 1 aromatic heterocycles. The van der Waals surface area contributed by atoms with Crippen molar-refractivity contribution < 1.29 is 9.32 Å². The number of benzene rings is 1. The number of nitrogens with zero attached hydrogens (tertiary/aromatic N) is 3. The van der Waals surface area contributed by atoms with Crippen LogP contribution in [0.5, 0.6) is 0 Å². The number of hydrogen-bond acceptors (Lipinski definition) is 4. The third-order valence-electron chi connectivity index (χ3n) is 4.60. The second kappa shape index (κ2) is 7.34. The summed E-state index contributed by atoms with van der Waals surface area (Å²) in [6.45, 7) is 5.30. The number of carbonyl (C=O) groups is 1. The average molecular weight is 348 g/mol. The highest BCUT2D eigenvalue weighted by Crippen LogP contribution is 2.27. The van der Waals surface area contributed by atoms with E-state index in [4.69, 9.17) is 16.1 Å². The lowest BCUT2D eigenvalue weighted by Crippen LogP contribution is -2.38. The molecule has 0 saturated carbocycles. The Labute approximate surface area is 147 Å². The van der Waals surface area contributed by atoms with Crippen LogP contribution in [0.25, 0.3) is 0 Å². The van der Waals surface area contributed by atoms with E-state index in [1.54, 1.807) is 0 Å². The van der Waals surface area contributed by atoms with Gasteiger partial charge in [-0.2, -0.15) is 4.98 Å². The summed E-state index contributed by atoms with van der Waals surface area (Å²) in [7, 11) is 0. The van der Waals surface area contributed by atoms with Gasteiger partial charge in [0.05, 0.1) is 0 Å². The number of amides is 1. The Morgan fingerprint density at radius 3 is 2.71 bits per heavy atom. The van der Waals surface area contributed by atoms with Gasteiger partial charge < -0.3 is 9.42 Å². The molecule has 1 amide bonds. The Bertz CT molecular complexity index is 721. The maximum Gasteiger partial charge on any atom is 0.229 e. The van der Waals surface area contributed by atoms with Gasteiger partial charge in [-0.15, -0.1) is 0 Å². The molecule has 0 radical (unpaired) electrons. The third-order valence-corrected chi connectivity index (χ3v) is 5.01. The number of aryl methyl sites for hydroxylation is 3. The van der Waals surface area contributed by atoms with E-state index in [0.29, 0.717) is 18.1 Å². The van der Waals surface area contributed by atoms with Crippen molar-refractivity contribution in [1.29, 1.82) is 0 Å². The number of halogens is 1. The van der Waals surface area contributed by atoms with Crippen molar-refractivity contribution in [2.24, 2.45) is 0 Å². The van der Waals surface area contributed by atoms with Crippen molar-refractivity contribution in [3.05, 3.63) is 46.1 Å². The summed E-state index contributed by atoms with van der Waals surface area (Å²) in [6, 6.07) is 5.99. The predicted molar refractivity (Wildman–Crippen MR) is 92.1 cm³/mol. The van der Waals surface area contributed by atoms with Gasteiger partial charge >= 0.3 is 0 Å². The normalized spacial score (nSPS) is 15.7. The molecule has 5 nitrogen and oxygen atoms in total. The average Bonchev–Trinajstić information content (AvgIpc) is 3.02. The highest BCUT2D eigenvalue weighted by molar-refractivity contribution is 6.31. The lowest BCUT2D eigenvalue weighted by Gasteiger charge is -2.30. The van der Waals surface area contributed by atoms with Crippen molar-refractivity contribution in [1.82, 2.24) is 15.0 Å². The van der Waals surface area contributed by atoms with E-state index < -0.39 is 0 Å². The van der Waals surface area contributed by atoms with Crippen LogP contribution in [0.15, 0.2) is 22.7 Å². The molecule has 0 atom stereocenters. The fraction of sp³-hybridized carbons (Fsp3) is 0.500. The summed E-state index contributed by atoms with van der Waals surface area (Å²) in [4.78, 5) is 18.7. The van der Waals surface area contributed by atoms with Crippen molar-refractivity contribution in [3.8, 4) is 0 Å². The molecule has 1 aliphatic heterocycles. The lowest BCUT2D eigenvalue weighted by atomic mass is 9.96. The zero-order valence-electron chi connectivity index (χ0n) is 14.1. The Balaban J connectivity index is 1.49. The molecule has 6 heteroatoms. The van der Waals surface area contributed by atoms with Crippen LogP contribution in [0.3, 0.4) is 0 Å². The Kier molecular flexibility index (Phi) is 5.19. The number of aromatic nitrogens is 2. The predicted octanol–water partition coefficient (Wildman–Crippen LogP) is 3.68. The minimum absolute atomic E-state index is 0.201. The van der Waals surface area contributed by atoms with Gasteiger partial charge in [-0.05, 0) is 50.3 Å². The number of hydrogen-bond donors (Lipinski definition) is 0. The summed E-state index contributed by atoms with van der Waals surface area (Å²) in [5.41, 5.74) is 2.17. The Morgan fingerprint density at radius 1 is 1.33 bits per heavy atom. The Hall–Kier alpha value is -1.88. The van der Waals surface area contributed by atoms with Gasteiger partial charge in [-0.1, -0.05) is 28.9 Å². The van der Waals surface area contributed by atoms with Crippen molar-refractivity contribution in [2.45, 2.75) is 45.4 Å². The number of piperidine rings is 1. The largest absolute Gasteiger partial charge is 0.343 e. The van der Waals surface area contributed by atoms with Gasteiger partial charge in [-0.3, -0.25) is 4.79 Å². The quantitative estimate of drug-likeness (QED) is 0.846. The SMILES string of the molecule is Cc1noc(C2CCN(C(=O)CCc3ccc(C)c(Cl)c3)CC2)n1. The summed E-state index contributed by atoms with van der Waals surface area (Å²) in [5, 5.41) is 4.60. The first kappa shape index (κ1) is 17.0. The maximum absolute atomic E-state index is 12.4. The monoisotopic (exact) mass is 347 g/mol. The van der Waals surface area contributed by atoms with Crippen LogP contribution in [0.2, 0.25) is 5.02 Å². The zero-order chi connectivity index (χ0) is 17.1. The molecule has 1 aliphatic rings. The molecule has 1 aromatic carbocycles. The van der Waals surface area contributed by atoms with Crippen molar-refractivity contribution in [2.75, 3.05) is 13.1 Å². The smallest absolute Gasteiger partial charge is 0.229 e. The van der Waals surface area contributed by atoms with Crippen LogP contribution in [0.4, 0.5) is 0 Å². The number of carbonyl (C=O) groups excluding carboxylic acids is 1. The van der Waals surface area contributed by atoms with Crippen LogP contribution in [-0.2, 0) is 11.2 Å². The topological polar surface area (TPSA) is 59.2 Å². The summed E-state index contributed by atoms with van der Waals surface area (Å²) >= 11 is 6.14. The standard InChI is InChI=1S/C18H22ClN3O2/c1-12-3-4-14(11-16(12)19)5-6-17(23)22-9-7-15(8-10-22)18-20-13(2)21-24-18/h3-4,11,15H,5-10H2,1-2H3. The molecule has 24 heavy (non-hydrogen) atoms. The molecule has 128 valence electrons. The van der Waals surface area contributed by atoms with E-state index in [2.05, 4.69) is 10.1 Å². The molecular weight excluding hydrogens is 326 g/mol. The molecule has 2 heterocycles. The minimum Gasteiger partial charge on any atom is -0.343 e. The van der Waals surface area contributed by atoms with E-state index >= 15 is 0 Å². The lowest BCUT2D eigenvalue weighted by molar-refractivity contribution is -0.132. The first-order chi connectivity index (χ1) is 11.5. The molecule has 1 fully saturated rings. The molecule has 3 rings (SSSR count). The highest BCUT2D eigenvalue weighted by atomic mass is 35.5. The minimum atomic E-state index is 0.201. The highest BCUT2D eigenvalue weighted by Gasteiger charge is 2.26. The van der Waals surface area contributed by atoms with Crippen molar-refractivity contribution in [3.63, 3.8) is 0 Å². The summed E-state index contributed by atoms with van der Waals surface area (Å²) in [6.07, 6.45) is 3.00. The number of likely N-dealkylation sites (tertiary alicyclic amines) is 1. The second-order valence-corrected chi connectivity index (χ2v) is 6.83. The van der Waals surface area contributed by atoms with E-state index in [-0.39, 0.29) is 11.8 Å². The van der Waals surface area contributed by atoms with Gasteiger partial charge in [0.1, 0.15) is 0 Å². The van der Waals surface area contributed by atoms with Crippen LogP contribution in [0.1, 0.15) is 48.0 Å².